The van der Waals surface area contributed by atoms with Gasteiger partial charge in [0.1, 0.15) is 6.10 Å². The van der Waals surface area contributed by atoms with Crippen LogP contribution in [-0.4, -0.2) is 52.9 Å². The molecule has 7 heteroatoms. The van der Waals surface area contributed by atoms with Crippen LogP contribution in [0.2, 0.25) is 0 Å². The molecule has 0 aromatic carbocycles. The number of ether oxygens (including phenoxy) is 2. The van der Waals surface area contributed by atoms with Crippen molar-refractivity contribution in [1.82, 2.24) is 0 Å². The summed E-state index contributed by atoms with van der Waals surface area (Å²) in [6.45, 7) is 9.66. The molecule has 1 unspecified atom stereocenters. The zero-order chi connectivity index (χ0) is 24.8. The Morgan fingerprint density at radius 2 is 1.94 bits per heavy atom. The maximum Gasteiger partial charge on any atom is 0.356 e. The second-order valence-corrected chi connectivity index (χ2v) is 9.25. The van der Waals surface area contributed by atoms with E-state index in [4.69, 9.17) is 14.6 Å². The number of cyclic esters (lactones) is 1. The van der Waals surface area contributed by atoms with Gasteiger partial charge in [0.2, 0.25) is 5.78 Å². The van der Waals surface area contributed by atoms with Gasteiger partial charge < -0.3 is 19.7 Å². The van der Waals surface area contributed by atoms with E-state index in [1.807, 2.05) is 13.0 Å². The van der Waals surface area contributed by atoms with Crippen LogP contribution in [0.5, 0.6) is 0 Å². The van der Waals surface area contributed by atoms with Crippen molar-refractivity contribution in [3.63, 3.8) is 0 Å². The van der Waals surface area contributed by atoms with Crippen molar-refractivity contribution < 1.29 is 34.1 Å². The van der Waals surface area contributed by atoms with E-state index in [2.05, 4.69) is 32.9 Å². The maximum absolute atomic E-state index is 12.1. The summed E-state index contributed by atoms with van der Waals surface area (Å²) in [5, 5.41) is 18.4. The maximum atomic E-state index is 12.1. The van der Waals surface area contributed by atoms with Gasteiger partial charge in [-0.05, 0) is 56.6 Å². The average molecular weight is 459 g/mol. The summed E-state index contributed by atoms with van der Waals surface area (Å²) < 4.78 is 9.59. The molecular formula is C26H34O7. The molecule has 1 fully saturated rings. The Balaban J connectivity index is 1.96. The van der Waals surface area contributed by atoms with Crippen molar-refractivity contribution in [2.75, 3.05) is 6.61 Å². The molecule has 1 aliphatic heterocycles. The molecule has 1 aliphatic carbocycles. The van der Waals surface area contributed by atoms with Gasteiger partial charge in [0, 0.05) is 6.08 Å². The highest BCUT2D eigenvalue weighted by Crippen LogP contribution is 2.40. The smallest absolute Gasteiger partial charge is 0.356 e. The lowest BCUT2D eigenvalue weighted by molar-refractivity contribution is -0.159. The fourth-order valence-corrected chi connectivity index (χ4v) is 4.00. The molecule has 1 saturated heterocycles. The normalized spacial score (nSPS) is 25.2. The van der Waals surface area contributed by atoms with Crippen molar-refractivity contribution in [2.45, 2.75) is 72.2 Å². The van der Waals surface area contributed by atoms with E-state index in [0.29, 0.717) is 5.57 Å². The van der Waals surface area contributed by atoms with E-state index in [0.717, 1.165) is 18.1 Å². The standard InChI is InChI=1S/C26H34O7/c1-16(11-12-19-18(3)10-7-13-26(19,4)5)8-6-9-17(2)14-21(29)32-24-22(30)23(20(28)15-27)33-25(24)31/h6,8-9,11-12,14,20,23-24,27-28H,7,10,13,15H2,1-5H3/t20-,23+,24?/m0/s1. The Morgan fingerprint density at radius 1 is 1.24 bits per heavy atom. The van der Waals surface area contributed by atoms with Crippen LogP contribution in [0.15, 0.2) is 58.7 Å². The van der Waals surface area contributed by atoms with Crippen LogP contribution < -0.4 is 0 Å². The van der Waals surface area contributed by atoms with Gasteiger partial charge in [-0.15, -0.1) is 0 Å². The summed E-state index contributed by atoms with van der Waals surface area (Å²) in [7, 11) is 0. The van der Waals surface area contributed by atoms with Crippen molar-refractivity contribution >= 4 is 17.7 Å². The van der Waals surface area contributed by atoms with Gasteiger partial charge in [-0.25, -0.2) is 9.59 Å². The molecule has 2 aliphatic rings. The molecule has 0 radical (unpaired) electrons. The number of ketones is 1. The SMILES string of the molecule is CC(C=CC1=C(C)CCCC1(C)C)=CC=CC(C)=CC(=O)OC1C(=O)O[C@H]([C@@H](O)CO)C1=O. The monoisotopic (exact) mass is 458 g/mol. The topological polar surface area (TPSA) is 110 Å². The molecule has 33 heavy (non-hydrogen) atoms. The number of hydrogen-bond donors (Lipinski definition) is 2. The first-order valence-electron chi connectivity index (χ1n) is 11.1. The van der Waals surface area contributed by atoms with Crippen LogP contribution in [0.3, 0.4) is 0 Å². The van der Waals surface area contributed by atoms with Gasteiger partial charge in [-0.1, -0.05) is 55.4 Å². The number of allylic oxidation sites excluding steroid dienone is 9. The highest BCUT2D eigenvalue weighted by molar-refractivity contribution is 6.11. The number of aliphatic hydroxyl groups excluding tert-OH is 2. The molecule has 0 spiro atoms. The number of esters is 2. The molecule has 0 aromatic rings. The summed E-state index contributed by atoms with van der Waals surface area (Å²) in [4.78, 5) is 35.9. The summed E-state index contributed by atoms with van der Waals surface area (Å²) in [5.74, 6) is -2.84. The Kier molecular flexibility index (Phi) is 9.14. The Morgan fingerprint density at radius 3 is 2.58 bits per heavy atom. The van der Waals surface area contributed by atoms with Gasteiger partial charge in [-0.2, -0.15) is 0 Å². The number of carbonyl (C=O) groups excluding carboxylic acids is 3. The lowest BCUT2D eigenvalue weighted by Gasteiger charge is -2.32. The van der Waals surface area contributed by atoms with Crippen LogP contribution in [0.1, 0.15) is 53.9 Å². The minimum atomic E-state index is -1.74. The van der Waals surface area contributed by atoms with E-state index in [1.54, 1.807) is 19.1 Å². The van der Waals surface area contributed by atoms with Crippen LogP contribution in [0.4, 0.5) is 0 Å². The lowest BCUT2D eigenvalue weighted by atomic mass is 9.72. The molecule has 2 rings (SSSR count). The van der Waals surface area contributed by atoms with E-state index in [-0.39, 0.29) is 5.41 Å². The molecule has 7 nitrogen and oxygen atoms in total. The zero-order valence-corrected chi connectivity index (χ0v) is 20.0. The van der Waals surface area contributed by atoms with E-state index in [9.17, 15) is 19.5 Å². The minimum Gasteiger partial charge on any atom is -0.448 e. The third-order valence-electron chi connectivity index (χ3n) is 5.89. The third kappa shape index (κ3) is 7.11. The predicted octanol–water partition coefficient (Wildman–Crippen LogP) is 3.28. The first-order chi connectivity index (χ1) is 15.5. The summed E-state index contributed by atoms with van der Waals surface area (Å²) in [6.07, 6.45) is 9.56. The molecule has 1 heterocycles. The quantitative estimate of drug-likeness (QED) is 0.249. The van der Waals surface area contributed by atoms with E-state index >= 15 is 0 Å². The molecule has 180 valence electrons. The molecule has 0 bridgehead atoms. The number of aliphatic hydroxyl groups is 2. The lowest BCUT2D eigenvalue weighted by Crippen LogP contribution is -2.38. The Hall–Kier alpha value is -2.77. The van der Waals surface area contributed by atoms with Crippen molar-refractivity contribution in [2.24, 2.45) is 5.41 Å². The van der Waals surface area contributed by atoms with Gasteiger partial charge in [0.05, 0.1) is 6.61 Å². The fourth-order valence-electron chi connectivity index (χ4n) is 4.00. The van der Waals surface area contributed by atoms with Gasteiger partial charge in [-0.3, -0.25) is 4.79 Å². The summed E-state index contributed by atoms with van der Waals surface area (Å²) >= 11 is 0. The van der Waals surface area contributed by atoms with E-state index in [1.165, 1.54) is 24.0 Å². The van der Waals surface area contributed by atoms with Crippen molar-refractivity contribution in [1.29, 1.82) is 0 Å². The Bertz CT molecular complexity index is 930. The first-order valence-corrected chi connectivity index (χ1v) is 11.1. The van der Waals surface area contributed by atoms with Gasteiger partial charge >= 0.3 is 11.9 Å². The predicted molar refractivity (Wildman–Crippen MR) is 124 cm³/mol. The van der Waals surface area contributed by atoms with Crippen LogP contribution in [-0.2, 0) is 23.9 Å². The molecule has 0 aromatic heterocycles. The number of rotatable bonds is 8. The van der Waals surface area contributed by atoms with Crippen LogP contribution in [0, 0.1) is 5.41 Å². The third-order valence-corrected chi connectivity index (χ3v) is 5.89. The Labute approximate surface area is 195 Å². The van der Waals surface area contributed by atoms with Crippen LogP contribution in [0.25, 0.3) is 0 Å². The number of Topliss-reactive ketones (excluding diaryl/α,β-unsaturated/α-hetero) is 1. The number of carbonyl (C=O) groups is 3. The van der Waals surface area contributed by atoms with Crippen LogP contribution >= 0.6 is 0 Å². The second kappa shape index (κ2) is 11.4. The molecule has 0 amide bonds. The zero-order valence-electron chi connectivity index (χ0n) is 20.0. The second-order valence-electron chi connectivity index (χ2n) is 9.25. The molecule has 2 N–H and O–H groups in total. The fraction of sp³-hybridized carbons (Fsp3) is 0.500. The number of hydrogen-bond acceptors (Lipinski definition) is 7. The van der Waals surface area contributed by atoms with Gasteiger partial charge in [0.15, 0.2) is 6.10 Å². The van der Waals surface area contributed by atoms with E-state index < -0.39 is 42.6 Å². The highest BCUT2D eigenvalue weighted by atomic mass is 16.6. The summed E-state index contributed by atoms with van der Waals surface area (Å²) in [5.41, 5.74) is 4.61. The largest absolute Gasteiger partial charge is 0.448 e. The minimum absolute atomic E-state index is 0.179. The summed E-state index contributed by atoms with van der Waals surface area (Å²) in [6, 6.07) is 0. The molecule has 3 atom stereocenters. The first kappa shape index (κ1) is 26.5. The van der Waals surface area contributed by atoms with Crippen molar-refractivity contribution in [3.05, 3.63) is 58.7 Å². The highest BCUT2D eigenvalue weighted by Gasteiger charge is 2.49. The molecular weight excluding hydrogens is 424 g/mol. The molecule has 0 saturated carbocycles. The average Bonchev–Trinajstić information content (AvgIpc) is 3.00. The van der Waals surface area contributed by atoms with Crippen molar-refractivity contribution in [3.8, 4) is 0 Å². The van der Waals surface area contributed by atoms with Gasteiger partial charge in [0.25, 0.3) is 6.10 Å².